The molecule has 1 heterocycles. The first-order chi connectivity index (χ1) is 10.2. The number of hydrogen-bond donors (Lipinski definition) is 1. The number of aryl methyl sites for hydroxylation is 1. The van der Waals surface area contributed by atoms with Gasteiger partial charge in [0, 0.05) is 23.7 Å². The molecule has 0 aliphatic rings. The van der Waals surface area contributed by atoms with E-state index in [4.69, 9.17) is 10.5 Å². The predicted octanol–water partition coefficient (Wildman–Crippen LogP) is 3.68. The molecule has 0 amide bonds. The van der Waals surface area contributed by atoms with Gasteiger partial charge in [0.2, 0.25) is 0 Å². The van der Waals surface area contributed by atoms with Gasteiger partial charge in [0.05, 0.1) is 12.8 Å². The van der Waals surface area contributed by atoms with Gasteiger partial charge in [-0.25, -0.2) is 0 Å². The standard InChI is InChI=1S/C18H18N2O/c1-12-3-8-15-16(9-12)18(10-19)20-11-17(15)13-4-6-14(21-2)7-5-13/h3-9,11H,10,19H2,1-2H3. The van der Waals surface area contributed by atoms with Crippen LogP contribution < -0.4 is 10.5 Å². The lowest BCUT2D eigenvalue weighted by atomic mass is 9.98. The van der Waals surface area contributed by atoms with Crippen LogP contribution in [0.3, 0.4) is 0 Å². The fraction of sp³-hybridized carbons (Fsp3) is 0.167. The van der Waals surface area contributed by atoms with Crippen LogP contribution in [0.15, 0.2) is 48.7 Å². The van der Waals surface area contributed by atoms with Crippen LogP contribution in [-0.2, 0) is 6.54 Å². The number of methoxy groups -OCH3 is 1. The molecule has 0 fully saturated rings. The number of pyridine rings is 1. The van der Waals surface area contributed by atoms with Gasteiger partial charge in [-0.15, -0.1) is 0 Å². The molecule has 0 aliphatic carbocycles. The summed E-state index contributed by atoms with van der Waals surface area (Å²) in [6.07, 6.45) is 1.90. The third-order valence-electron chi connectivity index (χ3n) is 3.72. The maximum Gasteiger partial charge on any atom is 0.118 e. The number of nitrogens with zero attached hydrogens (tertiary/aromatic N) is 1. The van der Waals surface area contributed by atoms with Gasteiger partial charge >= 0.3 is 0 Å². The normalized spacial score (nSPS) is 10.8. The van der Waals surface area contributed by atoms with Gasteiger partial charge in [-0.1, -0.05) is 29.8 Å². The van der Waals surface area contributed by atoms with E-state index in [0.717, 1.165) is 28.0 Å². The Morgan fingerprint density at radius 3 is 2.48 bits per heavy atom. The van der Waals surface area contributed by atoms with Crippen molar-refractivity contribution in [3.05, 3.63) is 59.9 Å². The first kappa shape index (κ1) is 13.6. The highest BCUT2D eigenvalue weighted by atomic mass is 16.5. The van der Waals surface area contributed by atoms with Crippen LogP contribution in [0.2, 0.25) is 0 Å². The van der Waals surface area contributed by atoms with Crippen LogP contribution in [0.4, 0.5) is 0 Å². The van der Waals surface area contributed by atoms with E-state index >= 15 is 0 Å². The van der Waals surface area contributed by atoms with Crippen LogP contribution >= 0.6 is 0 Å². The van der Waals surface area contributed by atoms with Crippen LogP contribution in [0.1, 0.15) is 11.3 Å². The third kappa shape index (κ3) is 2.48. The van der Waals surface area contributed by atoms with E-state index in [-0.39, 0.29) is 0 Å². The topological polar surface area (TPSA) is 48.1 Å². The second-order valence-corrected chi connectivity index (χ2v) is 5.10. The lowest BCUT2D eigenvalue weighted by molar-refractivity contribution is 0.415. The van der Waals surface area contributed by atoms with Crippen LogP contribution in [0.5, 0.6) is 5.75 Å². The largest absolute Gasteiger partial charge is 0.497 e. The highest BCUT2D eigenvalue weighted by Crippen LogP contribution is 2.31. The lowest BCUT2D eigenvalue weighted by Gasteiger charge is -2.11. The molecule has 0 bridgehead atoms. The lowest BCUT2D eigenvalue weighted by Crippen LogP contribution is -2.01. The Morgan fingerprint density at radius 1 is 1.05 bits per heavy atom. The monoisotopic (exact) mass is 278 g/mol. The highest BCUT2D eigenvalue weighted by Gasteiger charge is 2.09. The van der Waals surface area contributed by atoms with Gasteiger partial charge in [0.1, 0.15) is 5.75 Å². The van der Waals surface area contributed by atoms with Gasteiger partial charge in [-0.05, 0) is 36.1 Å². The molecule has 0 atom stereocenters. The predicted molar refractivity (Wildman–Crippen MR) is 86.4 cm³/mol. The molecule has 21 heavy (non-hydrogen) atoms. The number of fused-ring (bicyclic) bond motifs is 1. The summed E-state index contributed by atoms with van der Waals surface area (Å²) in [5, 5.41) is 2.31. The average Bonchev–Trinajstić information content (AvgIpc) is 2.54. The Morgan fingerprint density at radius 2 is 1.81 bits per heavy atom. The van der Waals surface area contributed by atoms with Gasteiger partial charge in [0.15, 0.2) is 0 Å². The number of hydrogen-bond acceptors (Lipinski definition) is 3. The molecule has 0 saturated carbocycles. The fourth-order valence-electron chi connectivity index (χ4n) is 2.58. The van der Waals surface area contributed by atoms with Crippen molar-refractivity contribution in [3.8, 4) is 16.9 Å². The Balaban J connectivity index is 2.22. The molecule has 3 rings (SSSR count). The van der Waals surface area contributed by atoms with Crippen LogP contribution in [-0.4, -0.2) is 12.1 Å². The quantitative estimate of drug-likeness (QED) is 0.795. The molecule has 2 aromatic carbocycles. The van der Waals surface area contributed by atoms with Gasteiger partial charge in [0.25, 0.3) is 0 Å². The zero-order chi connectivity index (χ0) is 14.8. The third-order valence-corrected chi connectivity index (χ3v) is 3.72. The van der Waals surface area contributed by atoms with Crippen molar-refractivity contribution in [1.82, 2.24) is 4.98 Å². The van der Waals surface area contributed by atoms with Crippen molar-refractivity contribution in [2.24, 2.45) is 5.73 Å². The summed E-state index contributed by atoms with van der Waals surface area (Å²) in [5.41, 5.74) is 10.2. The molecule has 0 radical (unpaired) electrons. The number of benzene rings is 2. The van der Waals surface area contributed by atoms with Crippen LogP contribution in [0.25, 0.3) is 21.9 Å². The first-order valence-electron chi connectivity index (χ1n) is 6.95. The molecule has 2 N–H and O–H groups in total. The van der Waals surface area contributed by atoms with E-state index in [9.17, 15) is 0 Å². The second-order valence-electron chi connectivity index (χ2n) is 5.10. The first-order valence-corrected chi connectivity index (χ1v) is 6.95. The van der Waals surface area contributed by atoms with Crippen molar-refractivity contribution in [2.75, 3.05) is 7.11 Å². The van der Waals surface area contributed by atoms with Crippen molar-refractivity contribution in [3.63, 3.8) is 0 Å². The van der Waals surface area contributed by atoms with E-state index in [1.165, 1.54) is 10.9 Å². The molecule has 3 aromatic rings. The molecular weight excluding hydrogens is 260 g/mol. The molecule has 1 aromatic heterocycles. The highest BCUT2D eigenvalue weighted by molar-refractivity contribution is 5.97. The molecule has 0 spiro atoms. The molecular formula is C18H18N2O. The summed E-state index contributed by atoms with van der Waals surface area (Å²) >= 11 is 0. The van der Waals surface area contributed by atoms with E-state index < -0.39 is 0 Å². The minimum atomic E-state index is 0.447. The molecule has 0 unspecified atom stereocenters. The summed E-state index contributed by atoms with van der Waals surface area (Å²) in [6, 6.07) is 14.4. The Labute approximate surface area is 124 Å². The second kappa shape index (κ2) is 5.54. The maximum absolute atomic E-state index is 5.81. The summed E-state index contributed by atoms with van der Waals surface area (Å²) in [7, 11) is 1.67. The van der Waals surface area contributed by atoms with Gasteiger partial charge in [-0.3, -0.25) is 4.98 Å². The van der Waals surface area contributed by atoms with Crippen LogP contribution in [0, 0.1) is 6.92 Å². The van der Waals surface area contributed by atoms with E-state index in [2.05, 4.69) is 42.2 Å². The average molecular weight is 278 g/mol. The Bertz CT molecular complexity index is 779. The number of ether oxygens (including phenoxy) is 1. The summed E-state index contributed by atoms with van der Waals surface area (Å²) in [4.78, 5) is 4.53. The van der Waals surface area contributed by atoms with Crippen molar-refractivity contribution < 1.29 is 4.74 Å². The fourth-order valence-corrected chi connectivity index (χ4v) is 2.58. The SMILES string of the molecule is COc1ccc(-c2cnc(CN)c3cc(C)ccc23)cc1. The van der Waals surface area contributed by atoms with Gasteiger partial charge in [-0.2, -0.15) is 0 Å². The van der Waals surface area contributed by atoms with Crippen molar-refractivity contribution in [2.45, 2.75) is 13.5 Å². The van der Waals surface area contributed by atoms with E-state index in [0.29, 0.717) is 6.54 Å². The number of aromatic nitrogens is 1. The van der Waals surface area contributed by atoms with Crippen molar-refractivity contribution in [1.29, 1.82) is 0 Å². The Kier molecular flexibility index (Phi) is 3.59. The van der Waals surface area contributed by atoms with E-state index in [1.807, 2.05) is 18.3 Å². The summed E-state index contributed by atoms with van der Waals surface area (Å²) in [5.74, 6) is 0.852. The molecule has 0 saturated heterocycles. The minimum absolute atomic E-state index is 0.447. The van der Waals surface area contributed by atoms with Gasteiger partial charge < -0.3 is 10.5 Å². The number of rotatable bonds is 3. The molecule has 0 aliphatic heterocycles. The Hall–Kier alpha value is -2.39. The smallest absolute Gasteiger partial charge is 0.118 e. The molecule has 3 nitrogen and oxygen atoms in total. The number of nitrogens with two attached hydrogens (primary N) is 1. The zero-order valence-corrected chi connectivity index (χ0v) is 12.3. The minimum Gasteiger partial charge on any atom is -0.497 e. The van der Waals surface area contributed by atoms with Crippen molar-refractivity contribution >= 4 is 10.8 Å². The van der Waals surface area contributed by atoms with E-state index in [1.54, 1.807) is 7.11 Å². The molecule has 106 valence electrons. The summed E-state index contributed by atoms with van der Waals surface area (Å²) < 4.78 is 5.21. The maximum atomic E-state index is 5.81. The summed E-state index contributed by atoms with van der Waals surface area (Å²) in [6.45, 7) is 2.53. The molecule has 3 heteroatoms. The zero-order valence-electron chi connectivity index (χ0n) is 12.3.